The summed E-state index contributed by atoms with van der Waals surface area (Å²) in [5.74, 6) is 0.101. The maximum atomic E-state index is 12.6. The Labute approximate surface area is 631 Å². The molecule has 19 rings (SSSR count). The van der Waals surface area contributed by atoms with Crippen LogP contribution in [0.15, 0.2) is 206 Å². The number of allylic oxidation sites excluding steroid dienone is 1. The van der Waals surface area contributed by atoms with Gasteiger partial charge in [0.15, 0.2) is 5.78 Å². The van der Waals surface area contributed by atoms with Crippen molar-refractivity contribution >= 4 is 17.1 Å². The fraction of sp³-hybridized carbons (Fsp3) is 0.408. The van der Waals surface area contributed by atoms with Crippen molar-refractivity contribution < 1.29 is 4.79 Å². The number of aryl methyl sites for hydroxylation is 1. The van der Waals surface area contributed by atoms with Crippen LogP contribution in [-0.2, 0) is 27.5 Å². The number of fused-ring (bicyclic) bond motifs is 9. The van der Waals surface area contributed by atoms with E-state index in [4.69, 9.17) is 0 Å². The Morgan fingerprint density at radius 3 is 1.03 bits per heavy atom. The van der Waals surface area contributed by atoms with Crippen LogP contribution in [0, 0.1) is 39.4 Å². The van der Waals surface area contributed by atoms with Crippen molar-refractivity contribution in [2.45, 2.75) is 232 Å². The van der Waals surface area contributed by atoms with Crippen LogP contribution in [0.5, 0.6) is 0 Å². The summed E-state index contributed by atoms with van der Waals surface area (Å²) in [7, 11) is 0. The number of hydrogen-bond donors (Lipinski definition) is 0. The van der Waals surface area contributed by atoms with Gasteiger partial charge in [-0.05, 0) is 325 Å². The molecule has 0 unspecified atom stereocenters. The van der Waals surface area contributed by atoms with E-state index < -0.39 is 0 Å². The molecule has 10 aromatic rings. The lowest BCUT2D eigenvalue weighted by atomic mass is 9.36. The van der Waals surface area contributed by atoms with Crippen LogP contribution < -0.4 is 0 Å². The fourth-order valence-corrected chi connectivity index (χ4v) is 28.8. The van der Waals surface area contributed by atoms with Gasteiger partial charge in [-0.2, -0.15) is 0 Å². The molecule has 0 amide bonds. The van der Waals surface area contributed by atoms with Gasteiger partial charge in [0, 0.05) is 32.4 Å². The van der Waals surface area contributed by atoms with Gasteiger partial charge in [0.2, 0.25) is 0 Å². The molecule has 1 aromatic heterocycles. The van der Waals surface area contributed by atoms with Crippen LogP contribution >= 0.6 is 11.3 Å². The van der Waals surface area contributed by atoms with Gasteiger partial charge in [-0.1, -0.05) is 257 Å². The molecule has 1 nitrogen and oxygen atoms in total. The molecule has 0 aliphatic heterocycles. The van der Waals surface area contributed by atoms with E-state index in [0.717, 1.165) is 5.56 Å². The van der Waals surface area contributed by atoms with E-state index in [9.17, 15) is 4.79 Å². The van der Waals surface area contributed by atoms with Crippen LogP contribution in [0.3, 0.4) is 0 Å². The summed E-state index contributed by atoms with van der Waals surface area (Å²) < 4.78 is 0. The molecule has 9 aliphatic rings. The second-order valence-electron chi connectivity index (χ2n) is 36.1. The molecule has 3 spiro atoms. The van der Waals surface area contributed by atoms with Gasteiger partial charge >= 0.3 is 0 Å². The van der Waals surface area contributed by atoms with Crippen molar-refractivity contribution in [2.75, 3.05) is 0 Å². The zero-order chi connectivity index (χ0) is 71.7. The van der Waals surface area contributed by atoms with Crippen molar-refractivity contribution in [1.29, 1.82) is 0 Å². The summed E-state index contributed by atoms with van der Waals surface area (Å²) in [6.07, 6.45) is 31.6. The van der Waals surface area contributed by atoms with Crippen LogP contribution in [0.1, 0.15) is 247 Å². The Kier molecular flexibility index (Phi) is 15.8. The SMILES string of the molecule is C=C(C)C(=O)Cc1ccc(-c2ccc(-c3ccc4c(c3)C3(c5cc(-c6ccc7c(c6)C6(c8cc(-c9ccc(-c%10ccc(-c%11ccc%12c(c%11)C%11(c%13cc(C)ccc%13-%12)C%12(CCC)CCCC%11(CCC)CCC%12)cc%10)cc9)ccc8-7)C7(CC)CCCC6(CC)CCC7)ccc5-4)C4(C)CCCC3(C)CCC4)s2)cc1. The highest BCUT2D eigenvalue weighted by atomic mass is 32.1. The van der Waals surface area contributed by atoms with E-state index in [1.165, 1.54) is 258 Å². The molecule has 0 N–H and O–H groups in total. The molecule has 9 aromatic carbocycles. The van der Waals surface area contributed by atoms with Crippen LogP contribution in [0.2, 0.25) is 0 Å². The molecular weight excluding hydrogens is 1290 g/mol. The summed E-state index contributed by atoms with van der Waals surface area (Å²) >= 11 is 1.89. The monoisotopic (exact) mass is 1390 g/mol. The minimum absolute atomic E-state index is 0.0560. The van der Waals surface area contributed by atoms with Gasteiger partial charge in [-0.15, -0.1) is 11.3 Å². The number of carbonyl (C=O) groups is 1. The molecule has 2 heteroatoms. The van der Waals surface area contributed by atoms with Crippen molar-refractivity contribution in [3.63, 3.8) is 0 Å². The minimum Gasteiger partial charge on any atom is -0.294 e. The quantitative estimate of drug-likeness (QED) is 0.0935. The zero-order valence-electron chi connectivity index (χ0n) is 64.2. The molecule has 6 saturated carbocycles. The first-order valence-electron chi connectivity index (χ1n) is 41.5. The Balaban J connectivity index is 0.664. The number of ketones is 1. The third-order valence-corrected chi connectivity index (χ3v) is 32.8. The molecule has 0 atom stereocenters. The van der Waals surface area contributed by atoms with E-state index >= 15 is 0 Å². The molecule has 6 bridgehead atoms. The van der Waals surface area contributed by atoms with Gasteiger partial charge in [-0.3, -0.25) is 4.79 Å². The number of hydrogen-bond acceptors (Lipinski definition) is 2. The van der Waals surface area contributed by atoms with E-state index in [2.05, 4.69) is 249 Å². The average molecular weight is 1390 g/mol. The lowest BCUT2D eigenvalue weighted by Gasteiger charge is -2.67. The van der Waals surface area contributed by atoms with Gasteiger partial charge < -0.3 is 0 Å². The molecule has 0 saturated heterocycles. The van der Waals surface area contributed by atoms with E-state index in [1.54, 1.807) is 40.3 Å². The standard InChI is InChI=1S/C103H108OS/c1-10-46-99-56-18-58-100(47-11-2,59-19-57-99)103(99)86-60-68(7)20-38-80(86)83-39-33-76(63-91(83)103)73-31-27-71(28-32-73)70-25-29-72(30-26-70)75-34-40-84-85-42-36-78(65-90(85)102(89(84)62-75)97(12-3)52-16-54-98(102,13-4)55-17-53-97)77-35-41-81-82-43-37-79(94-45-44-93(105-94)74-23-21-69(22-24-74)61-92(104)67(5)6)66-88(82)101(87(81)64-77)95(8)48-14-50-96(101,9)51-15-49-95/h20-45,60,62-66H,5,10-19,46-59,61H2,1-4,6-9H3. The predicted octanol–water partition coefficient (Wildman–Crippen LogP) is 29.0. The van der Waals surface area contributed by atoms with E-state index in [0.29, 0.717) is 22.8 Å². The molecule has 0 radical (unpaired) electrons. The average Bonchev–Trinajstić information content (AvgIpc) is 1.62. The molecule has 6 fully saturated rings. The van der Waals surface area contributed by atoms with Gasteiger partial charge in [0.05, 0.1) is 0 Å². The van der Waals surface area contributed by atoms with Crippen molar-refractivity contribution in [1.82, 2.24) is 0 Å². The highest BCUT2D eigenvalue weighted by Crippen LogP contribution is 2.80. The molecule has 9 aliphatic carbocycles. The Hall–Kier alpha value is -7.91. The largest absolute Gasteiger partial charge is 0.294 e. The zero-order valence-corrected chi connectivity index (χ0v) is 65.0. The third-order valence-electron chi connectivity index (χ3n) is 31.6. The summed E-state index contributed by atoms with van der Waals surface area (Å²) in [5, 5.41) is 0. The predicted molar refractivity (Wildman–Crippen MR) is 443 cm³/mol. The highest BCUT2D eigenvalue weighted by Gasteiger charge is 2.72. The first-order valence-corrected chi connectivity index (χ1v) is 42.3. The molecule has 1 heterocycles. The van der Waals surface area contributed by atoms with Crippen LogP contribution in [0.25, 0.3) is 98.8 Å². The number of carbonyl (C=O) groups excluding carboxylic acids is 1. The topological polar surface area (TPSA) is 17.1 Å². The Morgan fingerprint density at radius 1 is 0.343 bits per heavy atom. The van der Waals surface area contributed by atoms with Crippen molar-refractivity contribution in [2.24, 2.45) is 32.5 Å². The van der Waals surface area contributed by atoms with Gasteiger partial charge in [0.25, 0.3) is 0 Å². The lowest BCUT2D eigenvalue weighted by molar-refractivity contribution is -0.114. The first kappa shape index (κ1) is 67.7. The van der Waals surface area contributed by atoms with Crippen LogP contribution in [0.4, 0.5) is 0 Å². The summed E-state index contributed by atoms with van der Waals surface area (Å²) in [6, 6.07) is 79.0. The minimum atomic E-state index is -0.109. The smallest absolute Gasteiger partial charge is 0.162 e. The Bertz CT molecular complexity index is 5070. The number of benzene rings is 9. The maximum absolute atomic E-state index is 12.6. The normalized spacial score (nSPS) is 29.0. The third kappa shape index (κ3) is 9.14. The number of thiophene rings is 1. The first-order chi connectivity index (χ1) is 51.0. The fourth-order valence-electron chi connectivity index (χ4n) is 27.7. The van der Waals surface area contributed by atoms with Crippen molar-refractivity contribution in [3.05, 3.63) is 251 Å². The molecular formula is C103H108OS. The Morgan fingerprint density at radius 2 is 0.638 bits per heavy atom. The van der Waals surface area contributed by atoms with Gasteiger partial charge in [-0.25, -0.2) is 0 Å². The number of rotatable bonds is 15. The summed E-state index contributed by atoms with van der Waals surface area (Å²) in [5.41, 5.74) is 36.0. The molecule has 532 valence electrons. The summed E-state index contributed by atoms with van der Waals surface area (Å²) in [4.78, 5) is 15.1. The maximum Gasteiger partial charge on any atom is 0.162 e. The van der Waals surface area contributed by atoms with Crippen molar-refractivity contribution in [3.8, 4) is 98.8 Å². The van der Waals surface area contributed by atoms with E-state index in [1.807, 2.05) is 11.3 Å². The highest BCUT2D eigenvalue weighted by molar-refractivity contribution is 7.18. The lowest BCUT2D eigenvalue weighted by Crippen LogP contribution is -2.62. The molecule has 105 heavy (non-hydrogen) atoms. The second kappa shape index (κ2) is 24.6. The summed E-state index contributed by atoms with van der Waals surface area (Å²) in [6.45, 7) is 23.5. The van der Waals surface area contributed by atoms with Gasteiger partial charge in [0.1, 0.15) is 0 Å². The van der Waals surface area contributed by atoms with Crippen LogP contribution in [-0.4, -0.2) is 5.78 Å². The van der Waals surface area contributed by atoms with E-state index in [-0.39, 0.29) is 43.7 Å². The second-order valence-corrected chi connectivity index (χ2v) is 37.2. The number of Topliss-reactive ketones (excluding diaryl/α,β-unsaturated/α-hetero) is 1.